The average molecular weight is 238 g/mol. The first-order valence-electron chi connectivity index (χ1n) is 5.14. The molecule has 0 saturated carbocycles. The molecule has 0 aromatic carbocycles. The highest BCUT2D eigenvalue weighted by Crippen LogP contribution is 2.01. The number of nitrogens with one attached hydrogen (secondary N) is 1. The van der Waals surface area contributed by atoms with E-state index in [-0.39, 0.29) is 17.9 Å². The SMILES string of the molecule is COCCOCC(=O)NCCCC(C)Cl. The van der Waals surface area contributed by atoms with Crippen molar-refractivity contribution in [3.63, 3.8) is 0 Å². The molecule has 4 nitrogen and oxygen atoms in total. The zero-order valence-electron chi connectivity index (χ0n) is 9.42. The lowest BCUT2D eigenvalue weighted by atomic mass is 10.2. The minimum Gasteiger partial charge on any atom is -0.382 e. The zero-order valence-corrected chi connectivity index (χ0v) is 10.2. The number of hydrogen-bond acceptors (Lipinski definition) is 3. The molecule has 5 heteroatoms. The van der Waals surface area contributed by atoms with Gasteiger partial charge < -0.3 is 14.8 Å². The van der Waals surface area contributed by atoms with E-state index in [4.69, 9.17) is 21.1 Å². The fourth-order valence-electron chi connectivity index (χ4n) is 0.969. The number of rotatable bonds is 9. The first-order valence-corrected chi connectivity index (χ1v) is 5.58. The third-order valence-corrected chi connectivity index (χ3v) is 1.98. The first kappa shape index (κ1) is 14.7. The van der Waals surface area contributed by atoms with Crippen LogP contribution in [0.4, 0.5) is 0 Å². The van der Waals surface area contributed by atoms with Gasteiger partial charge in [-0.2, -0.15) is 0 Å². The molecule has 1 atom stereocenters. The van der Waals surface area contributed by atoms with E-state index >= 15 is 0 Å². The molecule has 1 amide bonds. The number of amides is 1. The molecule has 0 bridgehead atoms. The summed E-state index contributed by atoms with van der Waals surface area (Å²) in [7, 11) is 1.59. The van der Waals surface area contributed by atoms with Crippen LogP contribution in [-0.4, -0.2) is 44.8 Å². The number of halogens is 1. The van der Waals surface area contributed by atoms with Gasteiger partial charge in [0.05, 0.1) is 13.2 Å². The van der Waals surface area contributed by atoms with E-state index in [1.807, 2.05) is 6.92 Å². The predicted octanol–water partition coefficient (Wildman–Crippen LogP) is 1.17. The van der Waals surface area contributed by atoms with Gasteiger partial charge in [0.2, 0.25) is 5.91 Å². The molecule has 1 unspecified atom stereocenters. The smallest absolute Gasteiger partial charge is 0.245 e. The van der Waals surface area contributed by atoms with Crippen molar-refractivity contribution < 1.29 is 14.3 Å². The lowest BCUT2D eigenvalue weighted by molar-refractivity contribution is -0.126. The van der Waals surface area contributed by atoms with Crippen molar-refractivity contribution in [3.8, 4) is 0 Å². The van der Waals surface area contributed by atoms with Crippen LogP contribution in [0.25, 0.3) is 0 Å². The van der Waals surface area contributed by atoms with E-state index in [0.717, 1.165) is 12.8 Å². The molecule has 0 heterocycles. The van der Waals surface area contributed by atoms with Crippen LogP contribution in [0.1, 0.15) is 19.8 Å². The Morgan fingerprint density at radius 2 is 2.20 bits per heavy atom. The molecule has 0 aliphatic carbocycles. The van der Waals surface area contributed by atoms with Gasteiger partial charge in [-0.1, -0.05) is 0 Å². The normalized spacial score (nSPS) is 12.5. The van der Waals surface area contributed by atoms with Gasteiger partial charge in [-0.15, -0.1) is 11.6 Å². The van der Waals surface area contributed by atoms with Crippen LogP contribution >= 0.6 is 11.6 Å². The second kappa shape index (κ2) is 10.2. The molecule has 0 aliphatic heterocycles. The van der Waals surface area contributed by atoms with Gasteiger partial charge in [0.15, 0.2) is 0 Å². The van der Waals surface area contributed by atoms with Crippen LogP contribution < -0.4 is 5.32 Å². The number of methoxy groups -OCH3 is 1. The maximum atomic E-state index is 11.1. The molecule has 0 spiro atoms. The summed E-state index contributed by atoms with van der Waals surface area (Å²) in [5.74, 6) is -0.0895. The largest absolute Gasteiger partial charge is 0.382 e. The molecule has 0 aromatic rings. The average Bonchev–Trinajstić information content (AvgIpc) is 2.19. The summed E-state index contributed by atoms with van der Waals surface area (Å²) in [5, 5.41) is 2.92. The van der Waals surface area contributed by atoms with Gasteiger partial charge in [0, 0.05) is 19.0 Å². The van der Waals surface area contributed by atoms with Crippen LogP contribution in [0.3, 0.4) is 0 Å². The predicted molar refractivity (Wildman–Crippen MR) is 60.3 cm³/mol. The standard InChI is InChI=1S/C10H20ClNO3/c1-9(11)4-3-5-12-10(13)8-15-7-6-14-2/h9H,3-8H2,1-2H3,(H,12,13). The maximum Gasteiger partial charge on any atom is 0.245 e. The molecule has 90 valence electrons. The minimum absolute atomic E-state index is 0.0895. The number of alkyl halides is 1. The second-order valence-electron chi connectivity index (χ2n) is 3.32. The zero-order chi connectivity index (χ0) is 11.5. The van der Waals surface area contributed by atoms with Crippen LogP contribution in [0.2, 0.25) is 0 Å². The quantitative estimate of drug-likeness (QED) is 0.484. The fourth-order valence-corrected chi connectivity index (χ4v) is 1.12. The van der Waals surface area contributed by atoms with Crippen molar-refractivity contribution in [1.29, 1.82) is 0 Å². The summed E-state index contributed by atoms with van der Waals surface area (Å²) in [6, 6.07) is 0. The number of carbonyl (C=O) groups is 1. The van der Waals surface area contributed by atoms with Gasteiger partial charge >= 0.3 is 0 Å². The van der Waals surface area contributed by atoms with Crippen LogP contribution in [0.15, 0.2) is 0 Å². The van der Waals surface area contributed by atoms with Crippen LogP contribution in [0.5, 0.6) is 0 Å². The maximum absolute atomic E-state index is 11.1. The van der Waals surface area contributed by atoms with Gasteiger partial charge in [0.25, 0.3) is 0 Å². The Labute approximate surface area is 96.3 Å². The van der Waals surface area contributed by atoms with Crippen molar-refractivity contribution in [2.45, 2.75) is 25.1 Å². The first-order chi connectivity index (χ1) is 7.16. The molecule has 1 N–H and O–H groups in total. The third kappa shape index (κ3) is 11.6. The van der Waals surface area contributed by atoms with Crippen molar-refractivity contribution in [2.24, 2.45) is 0 Å². The van der Waals surface area contributed by atoms with Crippen molar-refractivity contribution >= 4 is 17.5 Å². The molecule has 0 aliphatic rings. The van der Waals surface area contributed by atoms with Crippen molar-refractivity contribution in [1.82, 2.24) is 5.32 Å². The van der Waals surface area contributed by atoms with Crippen LogP contribution in [-0.2, 0) is 14.3 Å². The molecule has 0 saturated heterocycles. The summed E-state index contributed by atoms with van der Waals surface area (Å²) in [4.78, 5) is 11.1. The van der Waals surface area contributed by atoms with E-state index < -0.39 is 0 Å². The van der Waals surface area contributed by atoms with E-state index in [1.54, 1.807) is 7.11 Å². The number of ether oxygens (including phenoxy) is 2. The highest BCUT2D eigenvalue weighted by atomic mass is 35.5. The molecule has 0 radical (unpaired) electrons. The number of hydrogen-bond donors (Lipinski definition) is 1. The topological polar surface area (TPSA) is 47.6 Å². The number of carbonyl (C=O) groups excluding carboxylic acids is 1. The molecular formula is C10H20ClNO3. The molecular weight excluding hydrogens is 218 g/mol. The lowest BCUT2D eigenvalue weighted by Crippen LogP contribution is -2.29. The summed E-state index contributed by atoms with van der Waals surface area (Å²) >= 11 is 5.76. The summed E-state index contributed by atoms with van der Waals surface area (Å²) in [6.45, 7) is 3.65. The Kier molecular flexibility index (Phi) is 9.99. The molecule has 0 aromatic heterocycles. The van der Waals surface area contributed by atoms with E-state index in [2.05, 4.69) is 5.32 Å². The van der Waals surface area contributed by atoms with Crippen LogP contribution in [0, 0.1) is 0 Å². The van der Waals surface area contributed by atoms with Crippen molar-refractivity contribution in [3.05, 3.63) is 0 Å². The van der Waals surface area contributed by atoms with E-state index in [1.165, 1.54) is 0 Å². The van der Waals surface area contributed by atoms with Gasteiger partial charge in [-0.05, 0) is 19.8 Å². The monoisotopic (exact) mass is 237 g/mol. The van der Waals surface area contributed by atoms with Gasteiger partial charge in [-0.3, -0.25) is 4.79 Å². The molecule has 15 heavy (non-hydrogen) atoms. The Morgan fingerprint density at radius 3 is 2.80 bits per heavy atom. The Bertz CT molecular complexity index is 165. The molecule has 0 rings (SSSR count). The summed E-state index contributed by atoms with van der Waals surface area (Å²) in [6.07, 6.45) is 1.81. The highest BCUT2D eigenvalue weighted by Gasteiger charge is 2.01. The molecule has 0 fully saturated rings. The minimum atomic E-state index is -0.0895. The van der Waals surface area contributed by atoms with Gasteiger partial charge in [0.1, 0.15) is 6.61 Å². The highest BCUT2D eigenvalue weighted by molar-refractivity contribution is 6.20. The Hall–Kier alpha value is -0.320. The second-order valence-corrected chi connectivity index (χ2v) is 4.06. The van der Waals surface area contributed by atoms with E-state index in [0.29, 0.717) is 19.8 Å². The van der Waals surface area contributed by atoms with Gasteiger partial charge in [-0.25, -0.2) is 0 Å². The summed E-state index contributed by atoms with van der Waals surface area (Å²) < 4.78 is 9.83. The Morgan fingerprint density at radius 1 is 1.47 bits per heavy atom. The van der Waals surface area contributed by atoms with E-state index in [9.17, 15) is 4.79 Å². The Balaban J connectivity index is 3.19. The lowest BCUT2D eigenvalue weighted by Gasteiger charge is -2.06. The third-order valence-electron chi connectivity index (χ3n) is 1.77. The fraction of sp³-hybridized carbons (Fsp3) is 0.900. The summed E-state index contributed by atoms with van der Waals surface area (Å²) in [5.41, 5.74) is 0. The van der Waals surface area contributed by atoms with Crippen molar-refractivity contribution in [2.75, 3.05) is 33.5 Å².